The Morgan fingerprint density at radius 1 is 2.00 bits per heavy atom. The first-order chi connectivity index (χ1) is 3.66. The highest BCUT2D eigenvalue weighted by Gasteiger charge is 1.91. The van der Waals surface area contributed by atoms with Gasteiger partial charge in [-0.05, 0) is 5.92 Å². The van der Waals surface area contributed by atoms with Gasteiger partial charge in [0.05, 0.1) is 0 Å². The molecular weight excluding hydrogens is 167 g/mol. The van der Waals surface area contributed by atoms with Gasteiger partial charge in [0.25, 0.3) is 0 Å². The van der Waals surface area contributed by atoms with E-state index in [-0.39, 0.29) is 12.5 Å². The van der Waals surface area contributed by atoms with Gasteiger partial charge in [-0.1, -0.05) is 33.3 Å². The van der Waals surface area contributed by atoms with Gasteiger partial charge in [-0.2, -0.15) is 0 Å². The Balaban J connectivity index is 3.51. The van der Waals surface area contributed by atoms with E-state index in [1.165, 1.54) is 0 Å². The van der Waals surface area contributed by atoms with Crippen LogP contribution in [0.2, 0.25) is 0 Å². The molecule has 2 radical (unpaired) electrons. The third-order valence-corrected chi connectivity index (χ3v) is 0.996. The van der Waals surface area contributed by atoms with Gasteiger partial charge in [0.1, 0.15) is 7.85 Å². The maximum Gasteiger partial charge on any atom is 0.123 e. The molecule has 0 rings (SSSR count). The molecule has 1 atom stereocenters. The van der Waals surface area contributed by atoms with E-state index in [4.69, 9.17) is 13.0 Å². The van der Waals surface area contributed by atoms with Crippen LogP contribution < -0.4 is 0 Å². The van der Waals surface area contributed by atoms with E-state index in [0.717, 1.165) is 0 Å². The van der Waals surface area contributed by atoms with Gasteiger partial charge in [-0.25, -0.2) is 0 Å². The van der Waals surface area contributed by atoms with Crippen molar-refractivity contribution in [2.75, 3.05) is 6.61 Å². The number of hydrogen-bond donors (Lipinski definition) is 1. The third-order valence-electron chi connectivity index (χ3n) is 0.732. The first kappa shape index (κ1) is 8.24. The topological polar surface area (TPSA) is 20.2 Å². The van der Waals surface area contributed by atoms with Crippen molar-refractivity contribution < 1.29 is 5.11 Å². The molecule has 3 heteroatoms. The molecule has 0 aromatic heterocycles. The summed E-state index contributed by atoms with van der Waals surface area (Å²) in [7, 11) is 5.24. The molecule has 0 spiro atoms. The Labute approximate surface area is 59.3 Å². The highest BCUT2D eigenvalue weighted by molar-refractivity contribution is 9.12. The zero-order valence-corrected chi connectivity index (χ0v) is 6.35. The lowest BCUT2D eigenvalue weighted by Crippen LogP contribution is -1.95. The van der Waals surface area contributed by atoms with E-state index in [1.807, 2.05) is 6.92 Å². The highest BCUT2D eigenvalue weighted by Crippen LogP contribution is 2.03. The number of aliphatic hydroxyl groups is 1. The average Bonchev–Trinajstić information content (AvgIpc) is 1.65. The molecule has 0 saturated carbocycles. The second-order valence-corrected chi connectivity index (χ2v) is 2.63. The van der Waals surface area contributed by atoms with E-state index >= 15 is 0 Å². The maximum absolute atomic E-state index is 8.46. The van der Waals surface area contributed by atoms with Crippen molar-refractivity contribution in [3.8, 4) is 0 Å². The van der Waals surface area contributed by atoms with E-state index in [2.05, 4.69) is 15.9 Å². The Morgan fingerprint density at radius 3 is 2.62 bits per heavy atom. The predicted molar refractivity (Wildman–Crippen MR) is 39.0 cm³/mol. The molecule has 0 aromatic carbocycles. The van der Waals surface area contributed by atoms with Crippen LogP contribution in [0.3, 0.4) is 0 Å². The standard InChI is InChI=1S/C5H8BBrO/c1-4(3-8)2-5(6)7/h2,4,8H,3H2,1H3/b5-2+/t4-/m1/s1. The zero-order chi connectivity index (χ0) is 6.57. The van der Waals surface area contributed by atoms with E-state index in [0.29, 0.717) is 4.38 Å². The molecule has 1 nitrogen and oxygen atoms in total. The smallest absolute Gasteiger partial charge is 0.123 e. The zero-order valence-electron chi connectivity index (χ0n) is 4.76. The third kappa shape index (κ3) is 4.41. The average molecular weight is 175 g/mol. The Hall–Kier alpha value is 0.245. The van der Waals surface area contributed by atoms with Crippen molar-refractivity contribution in [2.24, 2.45) is 5.92 Å². The minimum atomic E-state index is 0.145. The minimum Gasteiger partial charge on any atom is -0.396 e. The largest absolute Gasteiger partial charge is 0.396 e. The fraction of sp³-hybridized carbons (Fsp3) is 0.600. The molecule has 0 bridgehead atoms. The minimum absolute atomic E-state index is 0.145. The van der Waals surface area contributed by atoms with Gasteiger partial charge in [-0.15, -0.1) is 0 Å². The fourth-order valence-corrected chi connectivity index (χ4v) is 0.776. The normalized spacial score (nSPS) is 16.1. The van der Waals surface area contributed by atoms with E-state index in [1.54, 1.807) is 6.08 Å². The van der Waals surface area contributed by atoms with Crippen molar-refractivity contribution in [3.05, 3.63) is 10.5 Å². The maximum atomic E-state index is 8.46. The number of aliphatic hydroxyl groups excluding tert-OH is 1. The Bertz CT molecular complexity index is 88.4. The predicted octanol–water partition coefficient (Wildman–Crippen LogP) is 1.02. The van der Waals surface area contributed by atoms with Gasteiger partial charge in [0.2, 0.25) is 0 Å². The Morgan fingerprint density at radius 2 is 2.50 bits per heavy atom. The van der Waals surface area contributed by atoms with Crippen LogP contribution >= 0.6 is 15.9 Å². The number of hydrogen-bond acceptors (Lipinski definition) is 1. The number of rotatable bonds is 2. The van der Waals surface area contributed by atoms with Gasteiger partial charge in [0, 0.05) is 6.61 Å². The summed E-state index contributed by atoms with van der Waals surface area (Å²) in [6.07, 6.45) is 1.75. The first-order valence-corrected chi connectivity index (χ1v) is 3.19. The number of halogens is 1. The SMILES string of the molecule is [B]/C(Br)=C\[C@@H](C)CO. The van der Waals surface area contributed by atoms with Gasteiger partial charge >= 0.3 is 0 Å². The lowest BCUT2D eigenvalue weighted by atomic mass is 10.1. The molecule has 0 aromatic rings. The molecule has 8 heavy (non-hydrogen) atoms. The van der Waals surface area contributed by atoms with Crippen LogP contribution in [0, 0.1) is 5.92 Å². The molecule has 0 fully saturated rings. The summed E-state index contributed by atoms with van der Waals surface area (Å²) in [5.41, 5.74) is 0. The van der Waals surface area contributed by atoms with Crippen LogP contribution in [0.4, 0.5) is 0 Å². The van der Waals surface area contributed by atoms with Crippen LogP contribution in [0.1, 0.15) is 6.92 Å². The molecule has 0 unspecified atom stereocenters. The first-order valence-electron chi connectivity index (χ1n) is 2.40. The molecule has 0 aliphatic rings. The van der Waals surface area contributed by atoms with Gasteiger partial charge < -0.3 is 5.11 Å². The lowest BCUT2D eigenvalue weighted by molar-refractivity contribution is 0.262. The molecule has 44 valence electrons. The van der Waals surface area contributed by atoms with Crippen molar-refractivity contribution in [1.82, 2.24) is 0 Å². The summed E-state index contributed by atoms with van der Waals surface area (Å²) in [6, 6.07) is 0. The van der Waals surface area contributed by atoms with Gasteiger partial charge in [0.15, 0.2) is 0 Å². The van der Waals surface area contributed by atoms with Crippen LogP contribution in [-0.2, 0) is 0 Å². The fourth-order valence-electron chi connectivity index (χ4n) is 0.325. The van der Waals surface area contributed by atoms with Crippen LogP contribution in [0.5, 0.6) is 0 Å². The summed E-state index contributed by atoms with van der Waals surface area (Å²) >= 11 is 3.04. The molecular formula is C5H8BBrO. The molecule has 0 amide bonds. The van der Waals surface area contributed by atoms with Crippen molar-refractivity contribution >= 4 is 23.8 Å². The summed E-state index contributed by atoms with van der Waals surface area (Å²) in [5, 5.41) is 8.46. The Kier molecular flexibility index (Phi) is 4.28. The highest BCUT2D eigenvalue weighted by atomic mass is 79.9. The molecule has 1 N–H and O–H groups in total. The summed E-state index contributed by atoms with van der Waals surface area (Å²) in [4.78, 5) is 0. The molecule has 0 aliphatic carbocycles. The molecule has 0 aliphatic heterocycles. The van der Waals surface area contributed by atoms with Gasteiger partial charge in [-0.3, -0.25) is 0 Å². The quantitative estimate of drug-likeness (QED) is 0.621. The second kappa shape index (κ2) is 4.16. The summed E-state index contributed by atoms with van der Waals surface area (Å²) in [5.74, 6) is 0.148. The van der Waals surface area contributed by atoms with Crippen molar-refractivity contribution in [1.29, 1.82) is 0 Å². The van der Waals surface area contributed by atoms with E-state index in [9.17, 15) is 0 Å². The summed E-state index contributed by atoms with van der Waals surface area (Å²) in [6.45, 7) is 2.03. The van der Waals surface area contributed by atoms with Crippen molar-refractivity contribution in [3.63, 3.8) is 0 Å². The molecule has 0 heterocycles. The van der Waals surface area contributed by atoms with Crippen LogP contribution in [0.25, 0.3) is 0 Å². The van der Waals surface area contributed by atoms with Crippen LogP contribution in [-0.4, -0.2) is 19.6 Å². The summed E-state index contributed by atoms with van der Waals surface area (Å²) < 4.78 is 0.582. The second-order valence-electron chi connectivity index (χ2n) is 1.71. The molecule has 0 saturated heterocycles. The van der Waals surface area contributed by atoms with Crippen LogP contribution in [0.15, 0.2) is 10.5 Å². The lowest BCUT2D eigenvalue weighted by Gasteiger charge is -1.98. The van der Waals surface area contributed by atoms with E-state index < -0.39 is 0 Å². The van der Waals surface area contributed by atoms with Crippen molar-refractivity contribution in [2.45, 2.75) is 6.92 Å². The monoisotopic (exact) mass is 174 g/mol.